The molecule has 1 aliphatic rings. The number of nitrogens with one attached hydrogen (secondary N) is 1. The van der Waals surface area contributed by atoms with Gasteiger partial charge in [0.05, 0.1) is 6.04 Å². The highest BCUT2D eigenvalue weighted by atomic mass is 16.2. The Morgan fingerprint density at radius 3 is 2.78 bits per heavy atom. The minimum atomic E-state index is -0.116. The van der Waals surface area contributed by atoms with Gasteiger partial charge in [-0.2, -0.15) is 0 Å². The number of amides is 1. The Morgan fingerprint density at radius 1 is 1.30 bits per heavy atom. The SMILES string of the molecule is Cc1ccccc1CN(C)C(C)C(=O)NCCC1=CCCCC1. The van der Waals surface area contributed by atoms with Crippen LogP contribution in [0.1, 0.15) is 50.2 Å². The molecule has 0 saturated carbocycles. The number of hydrogen-bond acceptors (Lipinski definition) is 2. The summed E-state index contributed by atoms with van der Waals surface area (Å²) in [6, 6.07) is 8.24. The molecule has 0 bridgehead atoms. The van der Waals surface area contributed by atoms with Crippen LogP contribution in [-0.4, -0.2) is 30.4 Å². The van der Waals surface area contributed by atoms with Crippen molar-refractivity contribution < 1.29 is 4.79 Å². The molecule has 0 aromatic heterocycles. The molecule has 1 N–H and O–H groups in total. The highest BCUT2D eigenvalue weighted by molar-refractivity contribution is 5.81. The van der Waals surface area contributed by atoms with Crippen LogP contribution in [0.5, 0.6) is 0 Å². The first-order valence-corrected chi connectivity index (χ1v) is 8.78. The van der Waals surface area contributed by atoms with E-state index in [1.165, 1.54) is 42.4 Å². The fraction of sp³-hybridized carbons (Fsp3) is 0.550. The second-order valence-corrected chi connectivity index (χ2v) is 6.67. The number of carbonyl (C=O) groups excluding carboxylic acids is 1. The number of likely N-dealkylation sites (N-methyl/N-ethyl adjacent to an activating group) is 1. The summed E-state index contributed by atoms with van der Waals surface area (Å²) in [5, 5.41) is 3.09. The molecule has 3 heteroatoms. The van der Waals surface area contributed by atoms with Crippen LogP contribution < -0.4 is 5.32 Å². The van der Waals surface area contributed by atoms with Crippen molar-refractivity contribution in [2.24, 2.45) is 0 Å². The minimum absolute atomic E-state index is 0.116. The summed E-state index contributed by atoms with van der Waals surface area (Å²) >= 11 is 0. The molecule has 0 heterocycles. The van der Waals surface area contributed by atoms with Gasteiger partial charge in [0, 0.05) is 13.1 Å². The van der Waals surface area contributed by atoms with E-state index in [0.717, 1.165) is 19.5 Å². The van der Waals surface area contributed by atoms with Crippen LogP contribution in [0.25, 0.3) is 0 Å². The van der Waals surface area contributed by atoms with E-state index in [1.807, 2.05) is 14.0 Å². The van der Waals surface area contributed by atoms with Gasteiger partial charge in [-0.1, -0.05) is 35.9 Å². The molecule has 2 rings (SSSR count). The standard InChI is InChI=1S/C20H30N2O/c1-16-9-7-8-12-19(16)15-22(3)17(2)20(23)21-14-13-18-10-5-4-6-11-18/h7-10,12,17H,4-6,11,13-15H2,1-3H3,(H,21,23). The Hall–Kier alpha value is -1.61. The Bertz CT molecular complexity index is 550. The van der Waals surface area contributed by atoms with Gasteiger partial charge >= 0.3 is 0 Å². The van der Waals surface area contributed by atoms with Gasteiger partial charge in [-0.3, -0.25) is 9.69 Å². The molecule has 1 atom stereocenters. The van der Waals surface area contributed by atoms with Crippen molar-refractivity contribution in [2.75, 3.05) is 13.6 Å². The first-order valence-electron chi connectivity index (χ1n) is 8.78. The van der Waals surface area contributed by atoms with Gasteiger partial charge in [-0.05, 0) is 64.1 Å². The molecule has 1 amide bonds. The maximum absolute atomic E-state index is 12.3. The van der Waals surface area contributed by atoms with E-state index < -0.39 is 0 Å². The molecule has 0 spiro atoms. The van der Waals surface area contributed by atoms with Crippen LogP contribution in [0, 0.1) is 6.92 Å². The van der Waals surface area contributed by atoms with Gasteiger partial charge in [0.2, 0.25) is 5.91 Å². The van der Waals surface area contributed by atoms with Crippen LogP contribution in [0.4, 0.5) is 0 Å². The highest BCUT2D eigenvalue weighted by Crippen LogP contribution is 2.19. The Labute approximate surface area is 140 Å². The molecule has 1 aromatic rings. The summed E-state index contributed by atoms with van der Waals surface area (Å²) < 4.78 is 0. The van der Waals surface area contributed by atoms with E-state index in [9.17, 15) is 4.79 Å². The lowest BCUT2D eigenvalue weighted by atomic mass is 9.97. The maximum Gasteiger partial charge on any atom is 0.237 e. The smallest absolute Gasteiger partial charge is 0.237 e. The van der Waals surface area contributed by atoms with Crippen molar-refractivity contribution in [3.8, 4) is 0 Å². The Kier molecular flexibility index (Phi) is 6.85. The first kappa shape index (κ1) is 17.7. The number of carbonyl (C=O) groups is 1. The van der Waals surface area contributed by atoms with Gasteiger partial charge in [-0.25, -0.2) is 0 Å². The molecular formula is C20H30N2O. The Balaban J connectivity index is 1.77. The van der Waals surface area contributed by atoms with E-state index in [4.69, 9.17) is 0 Å². The molecule has 3 nitrogen and oxygen atoms in total. The zero-order valence-electron chi connectivity index (χ0n) is 14.8. The maximum atomic E-state index is 12.3. The van der Waals surface area contributed by atoms with Crippen molar-refractivity contribution in [2.45, 2.75) is 58.5 Å². The van der Waals surface area contributed by atoms with Gasteiger partial charge in [0.1, 0.15) is 0 Å². The molecule has 0 saturated heterocycles. The molecule has 0 fully saturated rings. The van der Waals surface area contributed by atoms with E-state index in [2.05, 4.69) is 47.5 Å². The monoisotopic (exact) mass is 314 g/mol. The second kappa shape index (κ2) is 8.88. The third-order valence-corrected chi connectivity index (χ3v) is 4.85. The van der Waals surface area contributed by atoms with Gasteiger partial charge in [0.25, 0.3) is 0 Å². The van der Waals surface area contributed by atoms with E-state index in [1.54, 1.807) is 0 Å². The summed E-state index contributed by atoms with van der Waals surface area (Å²) in [6.45, 7) is 5.65. The molecule has 0 radical (unpaired) electrons. The third-order valence-electron chi connectivity index (χ3n) is 4.85. The topological polar surface area (TPSA) is 32.3 Å². The van der Waals surface area contributed by atoms with Crippen molar-refractivity contribution in [3.05, 3.63) is 47.0 Å². The van der Waals surface area contributed by atoms with Crippen molar-refractivity contribution >= 4 is 5.91 Å². The largest absolute Gasteiger partial charge is 0.354 e. The number of nitrogens with zero attached hydrogens (tertiary/aromatic N) is 1. The van der Waals surface area contributed by atoms with E-state index >= 15 is 0 Å². The molecule has 23 heavy (non-hydrogen) atoms. The lowest BCUT2D eigenvalue weighted by Gasteiger charge is -2.25. The summed E-state index contributed by atoms with van der Waals surface area (Å²) in [5.41, 5.74) is 4.07. The second-order valence-electron chi connectivity index (χ2n) is 6.67. The van der Waals surface area contributed by atoms with Crippen LogP contribution in [-0.2, 0) is 11.3 Å². The normalized spacial score (nSPS) is 16.1. The number of benzene rings is 1. The number of aryl methyl sites for hydroxylation is 1. The molecule has 1 aliphatic carbocycles. The molecule has 0 aliphatic heterocycles. The van der Waals surface area contributed by atoms with Gasteiger partial charge < -0.3 is 5.32 Å². The lowest BCUT2D eigenvalue weighted by molar-refractivity contribution is -0.125. The quantitative estimate of drug-likeness (QED) is 0.776. The predicted molar refractivity (Wildman–Crippen MR) is 96.3 cm³/mol. The summed E-state index contributed by atoms with van der Waals surface area (Å²) in [4.78, 5) is 14.4. The predicted octanol–water partition coefficient (Wildman–Crippen LogP) is 3.82. The van der Waals surface area contributed by atoms with E-state index in [0.29, 0.717) is 0 Å². The molecule has 126 valence electrons. The molecule has 1 unspecified atom stereocenters. The molecule has 1 aromatic carbocycles. The van der Waals surface area contributed by atoms with Crippen LogP contribution >= 0.6 is 0 Å². The van der Waals surface area contributed by atoms with Crippen LogP contribution in [0.3, 0.4) is 0 Å². The summed E-state index contributed by atoms with van der Waals surface area (Å²) in [6.07, 6.45) is 8.38. The van der Waals surface area contributed by atoms with Gasteiger partial charge in [0.15, 0.2) is 0 Å². The number of hydrogen-bond donors (Lipinski definition) is 1. The van der Waals surface area contributed by atoms with Crippen molar-refractivity contribution in [1.29, 1.82) is 0 Å². The average Bonchev–Trinajstić information content (AvgIpc) is 2.57. The highest BCUT2D eigenvalue weighted by Gasteiger charge is 2.18. The number of allylic oxidation sites excluding steroid dienone is 1. The van der Waals surface area contributed by atoms with E-state index in [-0.39, 0.29) is 11.9 Å². The van der Waals surface area contributed by atoms with Crippen molar-refractivity contribution in [3.63, 3.8) is 0 Å². The zero-order valence-corrected chi connectivity index (χ0v) is 14.8. The fourth-order valence-corrected chi connectivity index (χ4v) is 3.02. The average molecular weight is 314 g/mol. The lowest BCUT2D eigenvalue weighted by Crippen LogP contribution is -2.43. The third kappa shape index (κ3) is 5.51. The minimum Gasteiger partial charge on any atom is -0.354 e. The van der Waals surface area contributed by atoms with Gasteiger partial charge in [-0.15, -0.1) is 0 Å². The van der Waals surface area contributed by atoms with Crippen molar-refractivity contribution in [1.82, 2.24) is 10.2 Å². The van der Waals surface area contributed by atoms with Crippen LogP contribution in [0.2, 0.25) is 0 Å². The zero-order chi connectivity index (χ0) is 16.7. The van der Waals surface area contributed by atoms with Crippen LogP contribution in [0.15, 0.2) is 35.9 Å². The Morgan fingerprint density at radius 2 is 2.09 bits per heavy atom. The first-order chi connectivity index (χ1) is 11.1. The fourth-order valence-electron chi connectivity index (χ4n) is 3.02. The number of rotatable bonds is 7. The summed E-state index contributed by atoms with van der Waals surface area (Å²) in [5.74, 6) is 0.123. The molecular weight excluding hydrogens is 284 g/mol. The summed E-state index contributed by atoms with van der Waals surface area (Å²) in [7, 11) is 2.01.